The first-order chi connectivity index (χ1) is 9.63. The molecule has 0 saturated carbocycles. The minimum atomic E-state index is 0.551. The summed E-state index contributed by atoms with van der Waals surface area (Å²) >= 11 is 0. The van der Waals surface area contributed by atoms with Gasteiger partial charge < -0.3 is 14.8 Å². The second kappa shape index (κ2) is 9.65. The maximum Gasteiger partial charge on any atom is 0.161 e. The normalized spacial score (nSPS) is 12.4. The molecule has 3 nitrogen and oxygen atoms in total. The van der Waals surface area contributed by atoms with Gasteiger partial charge in [0.1, 0.15) is 6.61 Å². The SMILES string of the molecule is COc1ccccc1OCCNC(C)CCCC(C)C. The molecule has 0 fully saturated rings. The van der Waals surface area contributed by atoms with Crippen molar-refractivity contribution in [2.75, 3.05) is 20.3 Å². The van der Waals surface area contributed by atoms with Gasteiger partial charge in [0.15, 0.2) is 11.5 Å². The van der Waals surface area contributed by atoms with Crippen molar-refractivity contribution in [3.63, 3.8) is 0 Å². The summed E-state index contributed by atoms with van der Waals surface area (Å²) in [4.78, 5) is 0. The molecule has 0 aliphatic heterocycles. The van der Waals surface area contributed by atoms with Crippen LogP contribution in [0.2, 0.25) is 0 Å². The van der Waals surface area contributed by atoms with Gasteiger partial charge in [-0.3, -0.25) is 0 Å². The number of benzene rings is 1. The Morgan fingerprint density at radius 3 is 2.40 bits per heavy atom. The van der Waals surface area contributed by atoms with E-state index in [4.69, 9.17) is 9.47 Å². The molecular weight excluding hydrogens is 250 g/mol. The molecule has 3 heteroatoms. The van der Waals surface area contributed by atoms with Crippen molar-refractivity contribution in [2.45, 2.75) is 46.1 Å². The third-order valence-electron chi connectivity index (χ3n) is 3.34. The van der Waals surface area contributed by atoms with Crippen molar-refractivity contribution in [2.24, 2.45) is 5.92 Å². The lowest BCUT2D eigenvalue weighted by molar-refractivity contribution is 0.285. The highest BCUT2D eigenvalue weighted by Gasteiger charge is 2.04. The van der Waals surface area contributed by atoms with E-state index < -0.39 is 0 Å². The van der Waals surface area contributed by atoms with Gasteiger partial charge in [0.05, 0.1) is 7.11 Å². The summed E-state index contributed by atoms with van der Waals surface area (Å²) in [5.74, 6) is 2.40. The molecule has 1 unspecified atom stereocenters. The van der Waals surface area contributed by atoms with E-state index in [0.717, 1.165) is 24.0 Å². The van der Waals surface area contributed by atoms with Crippen LogP contribution in [0.4, 0.5) is 0 Å². The van der Waals surface area contributed by atoms with E-state index in [2.05, 4.69) is 26.1 Å². The minimum Gasteiger partial charge on any atom is -0.493 e. The predicted octanol–water partition coefficient (Wildman–Crippen LogP) is 3.88. The van der Waals surface area contributed by atoms with Crippen LogP contribution in [0.3, 0.4) is 0 Å². The van der Waals surface area contributed by atoms with Gasteiger partial charge in [-0.25, -0.2) is 0 Å². The molecule has 1 aromatic carbocycles. The molecule has 0 aliphatic carbocycles. The number of rotatable bonds is 10. The number of ether oxygens (including phenoxy) is 2. The van der Waals surface area contributed by atoms with Crippen LogP contribution < -0.4 is 14.8 Å². The Kier molecular flexibility index (Phi) is 8.12. The average Bonchev–Trinajstić information content (AvgIpc) is 2.43. The lowest BCUT2D eigenvalue weighted by Crippen LogP contribution is -2.30. The lowest BCUT2D eigenvalue weighted by atomic mass is 10.0. The fourth-order valence-electron chi connectivity index (χ4n) is 2.14. The van der Waals surface area contributed by atoms with Crippen LogP contribution in [-0.2, 0) is 0 Å². The quantitative estimate of drug-likeness (QED) is 0.659. The second-order valence-corrected chi connectivity index (χ2v) is 5.68. The van der Waals surface area contributed by atoms with Gasteiger partial charge in [0.25, 0.3) is 0 Å². The molecule has 0 heterocycles. The van der Waals surface area contributed by atoms with Crippen molar-refractivity contribution in [3.05, 3.63) is 24.3 Å². The molecule has 1 atom stereocenters. The maximum absolute atomic E-state index is 5.73. The molecule has 0 aromatic heterocycles. The maximum atomic E-state index is 5.73. The Morgan fingerprint density at radius 1 is 1.05 bits per heavy atom. The van der Waals surface area contributed by atoms with Gasteiger partial charge >= 0.3 is 0 Å². The Bertz CT molecular complexity index is 366. The van der Waals surface area contributed by atoms with Crippen molar-refractivity contribution in [1.82, 2.24) is 5.32 Å². The van der Waals surface area contributed by atoms with Crippen molar-refractivity contribution in [1.29, 1.82) is 0 Å². The summed E-state index contributed by atoms with van der Waals surface area (Å²) < 4.78 is 11.0. The molecule has 0 radical (unpaired) electrons. The van der Waals surface area contributed by atoms with Gasteiger partial charge in [-0.1, -0.05) is 38.8 Å². The van der Waals surface area contributed by atoms with E-state index in [1.165, 1.54) is 19.3 Å². The summed E-state index contributed by atoms with van der Waals surface area (Å²) in [6.45, 7) is 8.32. The highest BCUT2D eigenvalue weighted by Crippen LogP contribution is 2.25. The molecule has 114 valence electrons. The predicted molar refractivity (Wildman–Crippen MR) is 84.6 cm³/mol. The highest BCUT2D eigenvalue weighted by atomic mass is 16.5. The zero-order valence-electron chi connectivity index (χ0n) is 13.3. The first-order valence-electron chi connectivity index (χ1n) is 7.62. The Balaban J connectivity index is 2.15. The standard InChI is InChI=1S/C17H29NO2/c1-14(2)8-7-9-15(3)18-12-13-20-17-11-6-5-10-16(17)19-4/h5-6,10-11,14-15,18H,7-9,12-13H2,1-4H3. The van der Waals surface area contributed by atoms with E-state index in [-0.39, 0.29) is 0 Å². The van der Waals surface area contributed by atoms with Crippen LogP contribution in [0.5, 0.6) is 11.5 Å². The smallest absolute Gasteiger partial charge is 0.161 e. The van der Waals surface area contributed by atoms with Crippen LogP contribution in [0.25, 0.3) is 0 Å². The number of methoxy groups -OCH3 is 1. The van der Waals surface area contributed by atoms with E-state index in [9.17, 15) is 0 Å². The molecule has 20 heavy (non-hydrogen) atoms. The number of nitrogens with one attached hydrogen (secondary N) is 1. The van der Waals surface area contributed by atoms with Gasteiger partial charge in [-0.2, -0.15) is 0 Å². The van der Waals surface area contributed by atoms with Crippen LogP contribution in [0.15, 0.2) is 24.3 Å². The van der Waals surface area contributed by atoms with E-state index >= 15 is 0 Å². The molecule has 0 bridgehead atoms. The molecule has 1 aromatic rings. The summed E-state index contributed by atoms with van der Waals surface area (Å²) in [6, 6.07) is 8.30. The number of para-hydroxylation sites is 2. The third-order valence-corrected chi connectivity index (χ3v) is 3.34. The van der Waals surface area contributed by atoms with Crippen LogP contribution in [0, 0.1) is 5.92 Å². The zero-order valence-corrected chi connectivity index (χ0v) is 13.3. The van der Waals surface area contributed by atoms with Crippen molar-refractivity contribution < 1.29 is 9.47 Å². The Hall–Kier alpha value is -1.22. The fraction of sp³-hybridized carbons (Fsp3) is 0.647. The van der Waals surface area contributed by atoms with E-state index in [1.54, 1.807) is 7.11 Å². The lowest BCUT2D eigenvalue weighted by Gasteiger charge is -2.15. The van der Waals surface area contributed by atoms with Crippen LogP contribution >= 0.6 is 0 Å². The van der Waals surface area contributed by atoms with Crippen molar-refractivity contribution >= 4 is 0 Å². The summed E-state index contributed by atoms with van der Waals surface area (Å²) in [5, 5.41) is 3.50. The first kappa shape index (κ1) is 16.8. The minimum absolute atomic E-state index is 0.551. The van der Waals surface area contributed by atoms with Gasteiger partial charge in [0.2, 0.25) is 0 Å². The molecule has 0 spiro atoms. The molecule has 0 saturated heterocycles. The topological polar surface area (TPSA) is 30.5 Å². The fourth-order valence-corrected chi connectivity index (χ4v) is 2.14. The van der Waals surface area contributed by atoms with Gasteiger partial charge in [-0.05, 0) is 31.4 Å². The monoisotopic (exact) mass is 279 g/mol. The largest absolute Gasteiger partial charge is 0.493 e. The number of hydrogen-bond donors (Lipinski definition) is 1. The first-order valence-corrected chi connectivity index (χ1v) is 7.62. The van der Waals surface area contributed by atoms with Gasteiger partial charge in [0, 0.05) is 12.6 Å². The summed E-state index contributed by atoms with van der Waals surface area (Å²) in [5.41, 5.74) is 0. The third kappa shape index (κ3) is 6.80. The molecule has 1 N–H and O–H groups in total. The molecule has 1 rings (SSSR count). The Labute approximate surface area is 123 Å². The summed E-state index contributed by atoms with van der Waals surface area (Å²) in [6.07, 6.45) is 3.83. The molecule has 0 amide bonds. The average molecular weight is 279 g/mol. The number of hydrogen-bond acceptors (Lipinski definition) is 3. The van der Waals surface area contributed by atoms with Gasteiger partial charge in [-0.15, -0.1) is 0 Å². The summed E-state index contributed by atoms with van der Waals surface area (Å²) in [7, 11) is 1.66. The molecular formula is C17H29NO2. The van der Waals surface area contributed by atoms with E-state index in [0.29, 0.717) is 12.6 Å². The van der Waals surface area contributed by atoms with E-state index in [1.807, 2.05) is 24.3 Å². The highest BCUT2D eigenvalue weighted by molar-refractivity contribution is 5.39. The second-order valence-electron chi connectivity index (χ2n) is 5.68. The molecule has 0 aliphatic rings. The van der Waals surface area contributed by atoms with Crippen LogP contribution in [0.1, 0.15) is 40.0 Å². The Morgan fingerprint density at radius 2 is 1.75 bits per heavy atom. The zero-order chi connectivity index (χ0) is 14.8. The van der Waals surface area contributed by atoms with Crippen molar-refractivity contribution in [3.8, 4) is 11.5 Å². The van der Waals surface area contributed by atoms with Crippen LogP contribution in [-0.4, -0.2) is 26.3 Å².